The highest BCUT2D eigenvalue weighted by atomic mass is 35.5. The summed E-state index contributed by atoms with van der Waals surface area (Å²) < 4.78 is 29.6. The molecule has 0 fully saturated rings. The Morgan fingerprint density at radius 2 is 2.18 bits per heavy atom. The Labute approximate surface area is 100 Å². The number of benzene rings is 1. The maximum atomic E-state index is 12.4. The van der Waals surface area contributed by atoms with Crippen molar-refractivity contribution in [2.24, 2.45) is 5.73 Å². The third-order valence-corrected chi connectivity index (χ3v) is 2.44. The van der Waals surface area contributed by atoms with E-state index in [9.17, 15) is 8.78 Å². The van der Waals surface area contributed by atoms with Gasteiger partial charge in [-0.1, -0.05) is 22.8 Å². The zero-order valence-corrected chi connectivity index (χ0v) is 9.29. The molecule has 0 unspecified atom stereocenters. The molecule has 0 aliphatic heterocycles. The fourth-order valence-corrected chi connectivity index (χ4v) is 1.57. The van der Waals surface area contributed by atoms with Gasteiger partial charge in [-0.15, -0.1) is 0 Å². The highest BCUT2D eigenvalue weighted by molar-refractivity contribution is 6.33. The van der Waals surface area contributed by atoms with Gasteiger partial charge in [0, 0.05) is 11.1 Å². The molecule has 0 amide bonds. The molecular weight excluding hydrogens is 252 g/mol. The minimum Gasteiger partial charge on any atom is -0.338 e. The molecule has 0 radical (unpaired) electrons. The molecule has 1 aromatic carbocycles. The molecule has 0 saturated carbocycles. The van der Waals surface area contributed by atoms with Crippen LogP contribution in [-0.4, -0.2) is 10.1 Å². The van der Waals surface area contributed by atoms with Crippen molar-refractivity contribution in [2.75, 3.05) is 0 Å². The van der Waals surface area contributed by atoms with Crippen LogP contribution in [0, 0.1) is 0 Å². The lowest BCUT2D eigenvalue weighted by Gasteiger charge is -2.02. The van der Waals surface area contributed by atoms with E-state index >= 15 is 0 Å². The normalized spacial score (nSPS) is 11.1. The van der Waals surface area contributed by atoms with E-state index in [1.54, 1.807) is 0 Å². The zero-order chi connectivity index (χ0) is 12.4. The van der Waals surface area contributed by atoms with Gasteiger partial charge in [-0.3, -0.25) is 0 Å². The van der Waals surface area contributed by atoms with Gasteiger partial charge < -0.3 is 10.3 Å². The summed E-state index contributed by atoms with van der Waals surface area (Å²) in [4.78, 5) is 3.96. The van der Waals surface area contributed by atoms with Gasteiger partial charge in [-0.25, -0.2) is 8.78 Å². The summed E-state index contributed by atoms with van der Waals surface area (Å²) in [6.07, 6.45) is -2.56. The van der Waals surface area contributed by atoms with Gasteiger partial charge in [-0.2, -0.15) is 4.98 Å². The van der Waals surface area contributed by atoms with Crippen molar-refractivity contribution in [3.8, 4) is 11.4 Å². The average Bonchev–Trinajstić information content (AvgIpc) is 2.77. The molecule has 2 rings (SSSR count). The van der Waals surface area contributed by atoms with Crippen LogP contribution in [0.25, 0.3) is 11.4 Å². The van der Waals surface area contributed by atoms with E-state index in [2.05, 4.69) is 10.1 Å². The van der Waals surface area contributed by atoms with Crippen molar-refractivity contribution in [1.29, 1.82) is 0 Å². The first-order chi connectivity index (χ1) is 8.11. The van der Waals surface area contributed by atoms with Crippen LogP contribution in [0.15, 0.2) is 22.7 Å². The standard InChI is InChI=1S/C10H8ClF2N3O/c11-7-3-5(9(12)13)1-2-6(7)10-15-8(4-14)17-16-10/h1-3,9H,4,14H2. The molecule has 0 aliphatic rings. The van der Waals surface area contributed by atoms with Crippen molar-refractivity contribution in [2.45, 2.75) is 13.0 Å². The lowest BCUT2D eigenvalue weighted by Crippen LogP contribution is -1.95. The summed E-state index contributed by atoms with van der Waals surface area (Å²) in [7, 11) is 0. The van der Waals surface area contributed by atoms with E-state index in [0.717, 1.165) is 0 Å². The van der Waals surface area contributed by atoms with Crippen LogP contribution >= 0.6 is 11.6 Å². The van der Waals surface area contributed by atoms with Crippen LogP contribution in [0.2, 0.25) is 5.02 Å². The van der Waals surface area contributed by atoms with E-state index in [0.29, 0.717) is 5.56 Å². The predicted octanol–water partition coefficient (Wildman–Crippen LogP) is 2.79. The smallest absolute Gasteiger partial charge is 0.263 e. The van der Waals surface area contributed by atoms with Crippen molar-refractivity contribution in [3.05, 3.63) is 34.7 Å². The summed E-state index contributed by atoms with van der Waals surface area (Å²) in [5, 5.41) is 3.80. The highest BCUT2D eigenvalue weighted by Crippen LogP contribution is 2.30. The van der Waals surface area contributed by atoms with Gasteiger partial charge in [0.2, 0.25) is 11.7 Å². The van der Waals surface area contributed by atoms with E-state index in [1.807, 2.05) is 0 Å². The minimum atomic E-state index is -2.56. The van der Waals surface area contributed by atoms with Gasteiger partial charge in [0.15, 0.2) is 0 Å². The monoisotopic (exact) mass is 259 g/mol. The van der Waals surface area contributed by atoms with E-state index in [1.165, 1.54) is 18.2 Å². The third-order valence-electron chi connectivity index (χ3n) is 2.13. The summed E-state index contributed by atoms with van der Waals surface area (Å²) in [6.45, 7) is 0.111. The fraction of sp³-hybridized carbons (Fsp3) is 0.200. The first kappa shape index (κ1) is 11.9. The van der Waals surface area contributed by atoms with Crippen LogP contribution < -0.4 is 5.73 Å². The summed E-state index contributed by atoms with van der Waals surface area (Å²) >= 11 is 5.87. The predicted molar refractivity (Wildman–Crippen MR) is 57.6 cm³/mol. The Morgan fingerprint density at radius 3 is 2.71 bits per heavy atom. The maximum absolute atomic E-state index is 12.4. The van der Waals surface area contributed by atoms with Gasteiger partial charge in [-0.05, 0) is 12.1 Å². The molecule has 2 aromatic rings. The fourth-order valence-electron chi connectivity index (χ4n) is 1.30. The lowest BCUT2D eigenvalue weighted by atomic mass is 10.1. The molecule has 0 atom stereocenters. The zero-order valence-electron chi connectivity index (χ0n) is 8.53. The quantitative estimate of drug-likeness (QED) is 0.920. The lowest BCUT2D eigenvalue weighted by molar-refractivity contribution is 0.151. The molecule has 0 aliphatic carbocycles. The first-order valence-corrected chi connectivity index (χ1v) is 5.10. The Hall–Kier alpha value is -1.53. The van der Waals surface area contributed by atoms with Crippen molar-refractivity contribution >= 4 is 11.6 Å². The molecule has 0 bridgehead atoms. The van der Waals surface area contributed by atoms with Crippen LogP contribution in [0.1, 0.15) is 17.9 Å². The van der Waals surface area contributed by atoms with Crippen LogP contribution in [0.3, 0.4) is 0 Å². The molecule has 17 heavy (non-hydrogen) atoms. The van der Waals surface area contributed by atoms with Gasteiger partial charge in [0.05, 0.1) is 11.6 Å². The van der Waals surface area contributed by atoms with Gasteiger partial charge >= 0.3 is 0 Å². The number of hydrogen-bond acceptors (Lipinski definition) is 4. The molecule has 7 heteroatoms. The summed E-state index contributed by atoms with van der Waals surface area (Å²) in [5.41, 5.74) is 5.59. The van der Waals surface area contributed by atoms with E-state index in [-0.39, 0.29) is 28.8 Å². The first-order valence-electron chi connectivity index (χ1n) is 4.72. The third kappa shape index (κ3) is 2.42. The number of hydrogen-bond donors (Lipinski definition) is 1. The molecule has 90 valence electrons. The molecular formula is C10H8ClF2N3O. The maximum Gasteiger partial charge on any atom is 0.263 e. The van der Waals surface area contributed by atoms with Crippen LogP contribution in [0.5, 0.6) is 0 Å². The van der Waals surface area contributed by atoms with Crippen molar-refractivity contribution < 1.29 is 13.3 Å². The topological polar surface area (TPSA) is 64.9 Å². The SMILES string of the molecule is NCc1nc(-c2ccc(C(F)F)cc2Cl)no1. The number of aromatic nitrogens is 2. The molecule has 1 heterocycles. The van der Waals surface area contributed by atoms with Gasteiger partial charge in [0.1, 0.15) is 0 Å². The Morgan fingerprint density at radius 1 is 1.41 bits per heavy atom. The molecule has 1 aromatic heterocycles. The van der Waals surface area contributed by atoms with E-state index < -0.39 is 6.43 Å². The van der Waals surface area contributed by atoms with Crippen molar-refractivity contribution in [1.82, 2.24) is 10.1 Å². The number of rotatable bonds is 3. The van der Waals surface area contributed by atoms with E-state index in [4.69, 9.17) is 21.9 Å². The molecule has 4 nitrogen and oxygen atoms in total. The number of halogens is 3. The number of alkyl halides is 2. The van der Waals surface area contributed by atoms with Gasteiger partial charge in [0.25, 0.3) is 6.43 Å². The number of nitrogens with two attached hydrogens (primary N) is 1. The summed E-state index contributed by atoms with van der Waals surface area (Å²) in [6, 6.07) is 3.87. The van der Waals surface area contributed by atoms with Crippen LogP contribution in [0.4, 0.5) is 8.78 Å². The Balaban J connectivity index is 2.39. The molecule has 2 N–H and O–H groups in total. The second-order valence-corrected chi connectivity index (χ2v) is 3.66. The minimum absolute atomic E-state index is 0.111. The largest absolute Gasteiger partial charge is 0.338 e. The molecule has 0 saturated heterocycles. The Bertz CT molecular complexity index is 530. The average molecular weight is 260 g/mol. The molecule has 0 spiro atoms. The Kier molecular flexibility index (Phi) is 3.35. The summed E-state index contributed by atoms with van der Waals surface area (Å²) in [5.74, 6) is 0.491. The number of nitrogens with zero attached hydrogens (tertiary/aromatic N) is 2. The second kappa shape index (κ2) is 4.77. The highest BCUT2D eigenvalue weighted by Gasteiger charge is 2.14. The second-order valence-electron chi connectivity index (χ2n) is 3.26. The van der Waals surface area contributed by atoms with Crippen molar-refractivity contribution in [3.63, 3.8) is 0 Å². The van der Waals surface area contributed by atoms with Crippen LogP contribution in [-0.2, 0) is 6.54 Å².